The van der Waals surface area contributed by atoms with Gasteiger partial charge in [0.25, 0.3) is 5.56 Å². The maximum absolute atomic E-state index is 13.2. The lowest BCUT2D eigenvalue weighted by Crippen LogP contribution is -2.31. The number of benzene rings is 1. The molecule has 0 unspecified atom stereocenters. The molecule has 0 radical (unpaired) electrons. The second-order valence-electron chi connectivity index (χ2n) is 7.18. The van der Waals surface area contributed by atoms with E-state index in [9.17, 15) is 9.59 Å². The van der Waals surface area contributed by atoms with Crippen molar-refractivity contribution in [1.82, 2.24) is 9.97 Å². The standard InChI is InChI=1S/C23H27N3O3S/c1-5-7-13-30-23-25-20-19(21(27)26-23)18(16-11-9-8-10-14(16)3)17(15(4)24-20)22(28)29-12-6-2/h6,8-11,18H,2,5,7,12-13H2,1,3-4H3,(H2,24,25,26,27)/t18-/m1/s1. The van der Waals surface area contributed by atoms with E-state index in [2.05, 4.69) is 28.8 Å². The number of thioether (sulfide) groups is 1. The van der Waals surface area contributed by atoms with Crippen molar-refractivity contribution in [3.05, 3.63) is 75.2 Å². The molecule has 3 rings (SSSR count). The highest BCUT2D eigenvalue weighted by Crippen LogP contribution is 2.41. The van der Waals surface area contributed by atoms with Crippen LogP contribution in [0.4, 0.5) is 5.82 Å². The molecule has 0 spiro atoms. The molecule has 0 saturated heterocycles. The van der Waals surface area contributed by atoms with E-state index in [1.54, 1.807) is 0 Å². The summed E-state index contributed by atoms with van der Waals surface area (Å²) in [6.07, 6.45) is 3.64. The van der Waals surface area contributed by atoms with Gasteiger partial charge in [-0.3, -0.25) is 4.79 Å². The topological polar surface area (TPSA) is 84.1 Å². The molecule has 1 aromatic heterocycles. The van der Waals surface area contributed by atoms with Crippen LogP contribution in [0.25, 0.3) is 0 Å². The zero-order valence-electron chi connectivity index (χ0n) is 17.6. The number of nitrogens with zero attached hydrogens (tertiary/aromatic N) is 1. The number of aromatic nitrogens is 2. The van der Waals surface area contributed by atoms with Gasteiger partial charge in [0.15, 0.2) is 5.16 Å². The quantitative estimate of drug-likeness (QED) is 0.213. The first-order valence-electron chi connectivity index (χ1n) is 10.1. The Labute approximate surface area is 180 Å². The van der Waals surface area contributed by atoms with Crippen LogP contribution in [-0.2, 0) is 9.53 Å². The van der Waals surface area contributed by atoms with Crippen molar-refractivity contribution in [1.29, 1.82) is 0 Å². The minimum absolute atomic E-state index is 0.102. The number of H-pyrrole nitrogens is 1. The lowest BCUT2D eigenvalue weighted by Gasteiger charge is -2.29. The number of carbonyl (C=O) groups excluding carboxylic acids is 1. The first kappa shape index (κ1) is 21.9. The van der Waals surface area contributed by atoms with Gasteiger partial charge in [0.1, 0.15) is 12.4 Å². The second kappa shape index (κ2) is 9.80. The number of allylic oxidation sites excluding steroid dienone is 1. The molecule has 1 aliphatic rings. The summed E-state index contributed by atoms with van der Waals surface area (Å²) in [7, 11) is 0. The molecule has 1 atom stereocenters. The van der Waals surface area contributed by atoms with E-state index in [1.165, 1.54) is 17.8 Å². The fourth-order valence-electron chi connectivity index (χ4n) is 3.52. The fraction of sp³-hybridized carbons (Fsp3) is 0.348. The van der Waals surface area contributed by atoms with Gasteiger partial charge in [-0.25, -0.2) is 9.78 Å². The molecule has 0 saturated carbocycles. The Morgan fingerprint density at radius 3 is 2.80 bits per heavy atom. The molecule has 0 aliphatic carbocycles. The smallest absolute Gasteiger partial charge is 0.337 e. The van der Waals surface area contributed by atoms with Gasteiger partial charge in [0.2, 0.25) is 0 Å². The predicted molar refractivity (Wildman–Crippen MR) is 121 cm³/mol. The zero-order chi connectivity index (χ0) is 21.7. The van der Waals surface area contributed by atoms with Gasteiger partial charge in [0.05, 0.1) is 17.1 Å². The van der Waals surface area contributed by atoms with Gasteiger partial charge in [-0.2, -0.15) is 0 Å². The fourth-order valence-corrected chi connectivity index (χ4v) is 4.46. The molecule has 0 fully saturated rings. The summed E-state index contributed by atoms with van der Waals surface area (Å²) in [5, 5.41) is 3.74. The van der Waals surface area contributed by atoms with Crippen molar-refractivity contribution >= 4 is 23.5 Å². The van der Waals surface area contributed by atoms with Gasteiger partial charge < -0.3 is 15.0 Å². The third kappa shape index (κ3) is 4.51. The summed E-state index contributed by atoms with van der Waals surface area (Å²) in [4.78, 5) is 33.6. The summed E-state index contributed by atoms with van der Waals surface area (Å²) in [6, 6.07) is 7.74. The largest absolute Gasteiger partial charge is 0.458 e. The van der Waals surface area contributed by atoms with Crippen LogP contribution in [0.5, 0.6) is 0 Å². The minimum atomic E-state index is -0.564. The molecule has 30 heavy (non-hydrogen) atoms. The van der Waals surface area contributed by atoms with E-state index >= 15 is 0 Å². The number of aryl methyl sites for hydroxylation is 1. The van der Waals surface area contributed by atoms with E-state index < -0.39 is 11.9 Å². The van der Waals surface area contributed by atoms with Gasteiger partial charge in [-0.05, 0) is 31.4 Å². The molecule has 2 heterocycles. The third-order valence-electron chi connectivity index (χ3n) is 5.01. The number of nitrogens with one attached hydrogen (secondary N) is 2. The number of esters is 1. The van der Waals surface area contributed by atoms with E-state index in [-0.39, 0.29) is 12.2 Å². The van der Waals surface area contributed by atoms with Gasteiger partial charge in [-0.1, -0.05) is 62.0 Å². The van der Waals surface area contributed by atoms with Crippen LogP contribution < -0.4 is 10.9 Å². The van der Waals surface area contributed by atoms with Crippen molar-refractivity contribution < 1.29 is 9.53 Å². The SMILES string of the molecule is C=CCOC(=O)C1=C(C)Nc2nc(SCCCC)[nH]c(=O)c2[C@@H]1c1ccccc1C. The van der Waals surface area contributed by atoms with Gasteiger partial charge in [0, 0.05) is 11.4 Å². The Morgan fingerprint density at radius 2 is 2.10 bits per heavy atom. The first-order valence-corrected chi connectivity index (χ1v) is 11.0. The maximum atomic E-state index is 13.2. The molecule has 1 aliphatic heterocycles. The number of unbranched alkanes of at least 4 members (excludes halogenated alkanes) is 1. The molecule has 2 N–H and O–H groups in total. The summed E-state index contributed by atoms with van der Waals surface area (Å²) < 4.78 is 5.35. The number of anilines is 1. The summed E-state index contributed by atoms with van der Waals surface area (Å²) in [5.74, 6) is 0.335. The minimum Gasteiger partial charge on any atom is -0.458 e. The average Bonchev–Trinajstić information content (AvgIpc) is 2.71. The Bertz CT molecular complexity index is 1040. The van der Waals surface area contributed by atoms with Crippen molar-refractivity contribution in [2.24, 2.45) is 0 Å². The van der Waals surface area contributed by atoms with E-state index in [1.807, 2.05) is 38.1 Å². The van der Waals surface area contributed by atoms with Crippen LogP contribution in [0.2, 0.25) is 0 Å². The number of fused-ring (bicyclic) bond motifs is 1. The molecule has 0 amide bonds. The lowest BCUT2D eigenvalue weighted by molar-refractivity contribution is -0.138. The molecular weight excluding hydrogens is 398 g/mol. The summed E-state index contributed by atoms with van der Waals surface area (Å²) in [5.41, 5.74) is 3.09. The number of hydrogen-bond acceptors (Lipinski definition) is 6. The average molecular weight is 426 g/mol. The third-order valence-corrected chi connectivity index (χ3v) is 5.97. The highest BCUT2D eigenvalue weighted by atomic mass is 32.2. The van der Waals surface area contributed by atoms with Crippen molar-refractivity contribution in [2.75, 3.05) is 17.7 Å². The van der Waals surface area contributed by atoms with Crippen LogP contribution in [0, 0.1) is 6.92 Å². The van der Waals surface area contributed by atoms with Crippen molar-refractivity contribution in [2.45, 2.75) is 44.7 Å². The Balaban J connectivity index is 2.14. The monoisotopic (exact) mass is 425 g/mol. The van der Waals surface area contributed by atoms with E-state index in [4.69, 9.17) is 4.74 Å². The normalized spacial score (nSPS) is 15.4. The molecule has 158 valence electrons. The number of carbonyl (C=O) groups is 1. The second-order valence-corrected chi connectivity index (χ2v) is 8.26. The van der Waals surface area contributed by atoms with Crippen molar-refractivity contribution in [3.8, 4) is 0 Å². The number of aromatic amines is 1. The Morgan fingerprint density at radius 1 is 1.33 bits per heavy atom. The first-order chi connectivity index (χ1) is 14.5. The van der Waals surface area contributed by atoms with Crippen LogP contribution in [-0.4, -0.2) is 28.3 Å². The molecule has 6 nitrogen and oxygen atoms in total. The Hall–Kier alpha value is -2.80. The highest BCUT2D eigenvalue weighted by Gasteiger charge is 2.37. The number of hydrogen-bond donors (Lipinski definition) is 2. The van der Waals surface area contributed by atoms with Gasteiger partial charge in [-0.15, -0.1) is 0 Å². The van der Waals surface area contributed by atoms with Crippen LogP contribution in [0.3, 0.4) is 0 Å². The molecule has 1 aromatic carbocycles. The summed E-state index contributed by atoms with van der Waals surface area (Å²) in [6.45, 7) is 9.61. The Kier molecular flexibility index (Phi) is 7.15. The van der Waals surface area contributed by atoms with Gasteiger partial charge >= 0.3 is 5.97 Å². The van der Waals surface area contributed by atoms with Crippen LogP contribution in [0.15, 0.2) is 58.1 Å². The molecule has 0 bridgehead atoms. The molecular formula is C23H27N3O3S. The zero-order valence-corrected chi connectivity index (χ0v) is 18.4. The lowest BCUT2D eigenvalue weighted by atomic mass is 9.80. The van der Waals surface area contributed by atoms with Crippen molar-refractivity contribution in [3.63, 3.8) is 0 Å². The van der Waals surface area contributed by atoms with E-state index in [0.717, 1.165) is 29.7 Å². The molecule has 2 aromatic rings. The highest BCUT2D eigenvalue weighted by molar-refractivity contribution is 7.99. The maximum Gasteiger partial charge on any atom is 0.337 e. The summed E-state index contributed by atoms with van der Waals surface area (Å²) >= 11 is 1.53. The van der Waals surface area contributed by atoms with Crippen LogP contribution >= 0.6 is 11.8 Å². The number of rotatable bonds is 8. The number of ether oxygens (including phenoxy) is 1. The van der Waals surface area contributed by atoms with E-state index in [0.29, 0.717) is 27.8 Å². The predicted octanol–water partition coefficient (Wildman–Crippen LogP) is 4.53. The molecule has 7 heteroatoms. The van der Waals surface area contributed by atoms with Crippen LogP contribution in [0.1, 0.15) is 49.3 Å².